The van der Waals surface area contributed by atoms with Gasteiger partial charge in [0.2, 0.25) is 0 Å². The summed E-state index contributed by atoms with van der Waals surface area (Å²) in [6.07, 6.45) is 0. The van der Waals surface area contributed by atoms with Crippen molar-refractivity contribution in [3.63, 3.8) is 0 Å². The lowest BCUT2D eigenvalue weighted by molar-refractivity contribution is 0.471. The minimum absolute atomic E-state index is 0.326. The third kappa shape index (κ3) is 4.73. The van der Waals surface area contributed by atoms with Gasteiger partial charge in [-0.05, 0) is 30.2 Å². The topological polar surface area (TPSA) is 32.3 Å². The van der Waals surface area contributed by atoms with Gasteiger partial charge in [0, 0.05) is 28.7 Å². The highest BCUT2D eigenvalue weighted by Gasteiger charge is 2.19. The molecule has 2 nitrogen and oxygen atoms in total. The van der Waals surface area contributed by atoms with E-state index in [4.69, 9.17) is 0 Å². The molecule has 0 aliphatic rings. The van der Waals surface area contributed by atoms with Gasteiger partial charge in [-0.15, -0.1) is 0 Å². The summed E-state index contributed by atoms with van der Waals surface area (Å²) in [5.74, 6) is 0.326. The maximum Gasteiger partial charge on any atom is 0.128 e. The first-order valence-corrected chi connectivity index (χ1v) is 12.7. The quantitative estimate of drug-likeness (QED) is 0.275. The van der Waals surface area contributed by atoms with E-state index >= 15 is 0 Å². The normalized spacial score (nSPS) is 10.9. The predicted molar refractivity (Wildman–Crippen MR) is 146 cm³/mol. The van der Waals surface area contributed by atoms with Crippen molar-refractivity contribution in [2.24, 2.45) is 0 Å². The number of hydrogen-bond acceptors (Lipinski definition) is 2. The van der Waals surface area contributed by atoms with Crippen LogP contribution in [-0.4, -0.2) is 5.11 Å². The molecule has 0 saturated carbocycles. The molecule has 0 fully saturated rings. The van der Waals surface area contributed by atoms with E-state index < -0.39 is 7.92 Å². The van der Waals surface area contributed by atoms with Crippen molar-refractivity contribution in [3.8, 4) is 16.9 Å². The Kier molecular flexibility index (Phi) is 6.70. The zero-order chi connectivity index (χ0) is 23.2. The van der Waals surface area contributed by atoms with Crippen LogP contribution in [0.4, 0.5) is 5.69 Å². The van der Waals surface area contributed by atoms with Gasteiger partial charge in [-0.1, -0.05) is 127 Å². The molecule has 0 radical (unpaired) electrons. The fourth-order valence-corrected chi connectivity index (χ4v) is 6.60. The fraction of sp³-hybridized carbons (Fsp3) is 0.0323. The molecule has 5 aromatic rings. The molecule has 0 spiro atoms. The summed E-state index contributed by atoms with van der Waals surface area (Å²) in [5.41, 5.74) is 3.83. The maximum absolute atomic E-state index is 11.0. The van der Waals surface area contributed by atoms with E-state index in [1.807, 2.05) is 48.5 Å². The lowest BCUT2D eigenvalue weighted by atomic mass is 10.0. The first-order chi connectivity index (χ1) is 16.8. The number of hydrogen-bond donors (Lipinski definition) is 2. The molecule has 34 heavy (non-hydrogen) atoms. The SMILES string of the molecule is Oc1c(CNc2ccccc2P(c2ccccc2)c2ccccc2)cccc1-c1ccccc1. The average Bonchev–Trinajstić information content (AvgIpc) is 2.91. The summed E-state index contributed by atoms with van der Waals surface area (Å²) in [6.45, 7) is 0.538. The highest BCUT2D eigenvalue weighted by molar-refractivity contribution is 7.80. The van der Waals surface area contributed by atoms with Crippen molar-refractivity contribution in [2.45, 2.75) is 6.54 Å². The standard InChI is InChI=1S/C31H26NOP/c33-31-25(15-12-20-28(31)24-13-4-1-5-14-24)23-32-29-21-10-11-22-30(29)34(26-16-6-2-7-17-26)27-18-8-3-9-19-27/h1-22,32-33H,23H2. The van der Waals surface area contributed by atoms with Gasteiger partial charge in [-0.2, -0.15) is 0 Å². The first-order valence-electron chi connectivity index (χ1n) is 11.4. The molecule has 0 amide bonds. The van der Waals surface area contributed by atoms with Crippen LogP contribution in [0.25, 0.3) is 11.1 Å². The zero-order valence-corrected chi connectivity index (χ0v) is 19.7. The van der Waals surface area contributed by atoms with Gasteiger partial charge in [0.15, 0.2) is 0 Å². The van der Waals surface area contributed by atoms with Gasteiger partial charge in [-0.25, -0.2) is 0 Å². The molecule has 5 rings (SSSR count). The van der Waals surface area contributed by atoms with E-state index in [9.17, 15) is 5.11 Å². The minimum Gasteiger partial charge on any atom is -0.507 e. The van der Waals surface area contributed by atoms with Crippen LogP contribution in [0, 0.1) is 0 Å². The molecule has 0 bridgehead atoms. The first kappa shape index (κ1) is 21.9. The van der Waals surface area contributed by atoms with Crippen LogP contribution in [0.1, 0.15) is 5.56 Å². The smallest absolute Gasteiger partial charge is 0.128 e. The van der Waals surface area contributed by atoms with Gasteiger partial charge < -0.3 is 10.4 Å². The van der Waals surface area contributed by atoms with Crippen molar-refractivity contribution in [2.75, 3.05) is 5.32 Å². The molecule has 0 aliphatic heterocycles. The monoisotopic (exact) mass is 459 g/mol. The molecule has 5 aromatic carbocycles. The van der Waals surface area contributed by atoms with Crippen LogP contribution >= 0.6 is 7.92 Å². The number of benzene rings is 5. The number of phenols is 1. The number of para-hydroxylation sites is 2. The second kappa shape index (κ2) is 10.4. The lowest BCUT2D eigenvalue weighted by Crippen LogP contribution is -2.23. The minimum atomic E-state index is -0.722. The number of anilines is 1. The lowest BCUT2D eigenvalue weighted by Gasteiger charge is -2.23. The Morgan fingerprint density at radius 1 is 0.559 bits per heavy atom. The average molecular weight is 460 g/mol. The molecule has 0 aliphatic carbocycles. The molecule has 2 N–H and O–H groups in total. The highest BCUT2D eigenvalue weighted by atomic mass is 31.1. The summed E-state index contributed by atoms with van der Waals surface area (Å²) in [5, 5.41) is 18.5. The van der Waals surface area contributed by atoms with Crippen LogP contribution in [0.15, 0.2) is 133 Å². The Morgan fingerprint density at radius 3 is 1.76 bits per heavy atom. The summed E-state index contributed by atoms with van der Waals surface area (Å²) >= 11 is 0. The summed E-state index contributed by atoms with van der Waals surface area (Å²) in [4.78, 5) is 0. The Hall–Kier alpha value is -3.87. The van der Waals surface area contributed by atoms with Gasteiger partial charge in [-0.3, -0.25) is 0 Å². The molecule has 0 unspecified atom stereocenters. The predicted octanol–water partition coefficient (Wildman–Crippen LogP) is 6.43. The second-order valence-electron chi connectivity index (χ2n) is 8.06. The van der Waals surface area contributed by atoms with Gasteiger partial charge in [0.1, 0.15) is 5.75 Å². The van der Waals surface area contributed by atoms with E-state index in [-0.39, 0.29) is 0 Å². The van der Waals surface area contributed by atoms with Crippen molar-refractivity contribution in [3.05, 3.63) is 139 Å². The van der Waals surface area contributed by atoms with Crippen LogP contribution in [0.5, 0.6) is 5.75 Å². The molecule has 0 aromatic heterocycles. The van der Waals surface area contributed by atoms with Gasteiger partial charge >= 0.3 is 0 Å². The van der Waals surface area contributed by atoms with E-state index in [0.717, 1.165) is 22.4 Å². The van der Waals surface area contributed by atoms with Crippen LogP contribution in [-0.2, 0) is 6.54 Å². The zero-order valence-electron chi connectivity index (χ0n) is 18.8. The number of rotatable bonds is 7. The molecule has 166 valence electrons. The van der Waals surface area contributed by atoms with Crippen molar-refractivity contribution in [1.29, 1.82) is 0 Å². The maximum atomic E-state index is 11.0. The fourth-order valence-electron chi connectivity index (χ4n) is 4.17. The Morgan fingerprint density at radius 2 is 1.12 bits per heavy atom. The number of aromatic hydroxyl groups is 1. The second-order valence-corrected chi connectivity index (χ2v) is 10.2. The van der Waals surface area contributed by atoms with E-state index in [1.54, 1.807) is 0 Å². The third-order valence-electron chi connectivity index (χ3n) is 5.85. The molecular formula is C31H26NOP. The molecule has 0 heterocycles. The summed E-state index contributed by atoms with van der Waals surface area (Å²) in [6, 6.07) is 45.9. The van der Waals surface area contributed by atoms with Crippen LogP contribution in [0.2, 0.25) is 0 Å². The molecule has 0 saturated heterocycles. The van der Waals surface area contributed by atoms with Gasteiger partial charge in [0.05, 0.1) is 0 Å². The van der Waals surface area contributed by atoms with Gasteiger partial charge in [0.25, 0.3) is 0 Å². The van der Waals surface area contributed by atoms with E-state index in [2.05, 4.69) is 90.2 Å². The van der Waals surface area contributed by atoms with Crippen molar-refractivity contribution < 1.29 is 5.11 Å². The molecular weight excluding hydrogens is 433 g/mol. The largest absolute Gasteiger partial charge is 0.507 e. The van der Waals surface area contributed by atoms with Crippen molar-refractivity contribution in [1.82, 2.24) is 0 Å². The van der Waals surface area contributed by atoms with E-state index in [1.165, 1.54) is 15.9 Å². The number of nitrogens with one attached hydrogen (secondary N) is 1. The van der Waals surface area contributed by atoms with Crippen LogP contribution in [0.3, 0.4) is 0 Å². The van der Waals surface area contributed by atoms with Crippen molar-refractivity contribution >= 4 is 29.5 Å². The highest BCUT2D eigenvalue weighted by Crippen LogP contribution is 2.36. The summed E-state index contributed by atoms with van der Waals surface area (Å²) < 4.78 is 0. The summed E-state index contributed by atoms with van der Waals surface area (Å²) in [7, 11) is -0.722. The molecule has 3 heteroatoms. The Bertz CT molecular complexity index is 1320. The van der Waals surface area contributed by atoms with E-state index in [0.29, 0.717) is 12.3 Å². The third-order valence-corrected chi connectivity index (χ3v) is 8.35. The molecule has 0 atom stereocenters. The van der Waals surface area contributed by atoms with Crippen LogP contribution < -0.4 is 21.2 Å². The Labute approximate surface area is 202 Å². The Balaban J connectivity index is 1.48. The number of phenolic OH excluding ortho intramolecular Hbond substituents is 1.